The molecule has 1 aliphatic rings. The summed E-state index contributed by atoms with van der Waals surface area (Å²) in [5.41, 5.74) is 0.751. The van der Waals surface area contributed by atoms with E-state index in [9.17, 15) is 4.79 Å². The van der Waals surface area contributed by atoms with Crippen LogP contribution in [-0.4, -0.2) is 50.6 Å². The van der Waals surface area contributed by atoms with Gasteiger partial charge in [-0.25, -0.2) is 0 Å². The molecule has 0 saturated carbocycles. The third-order valence-electron chi connectivity index (χ3n) is 3.46. The average Bonchev–Trinajstić information content (AvgIpc) is 2.47. The molecule has 1 aromatic rings. The topological polar surface area (TPSA) is 38.8 Å². The lowest BCUT2D eigenvalue weighted by atomic mass is 9.98. The fraction of sp³-hybridized carbons (Fsp3) is 0.533. The van der Waals surface area contributed by atoms with E-state index in [-0.39, 0.29) is 11.7 Å². The summed E-state index contributed by atoms with van der Waals surface area (Å²) >= 11 is 0. The van der Waals surface area contributed by atoms with Gasteiger partial charge >= 0.3 is 0 Å². The second kappa shape index (κ2) is 6.68. The molecule has 0 radical (unpaired) electrons. The van der Waals surface area contributed by atoms with Gasteiger partial charge in [-0.15, -0.1) is 0 Å². The second-order valence-electron chi connectivity index (χ2n) is 4.91. The van der Waals surface area contributed by atoms with Crippen LogP contribution in [0.4, 0.5) is 0 Å². The Bertz CT molecular complexity index is 410. The van der Waals surface area contributed by atoms with Crippen LogP contribution in [0.2, 0.25) is 0 Å². The number of hydrogen-bond acceptors (Lipinski definition) is 4. The van der Waals surface area contributed by atoms with Crippen LogP contribution in [0.25, 0.3) is 0 Å². The van der Waals surface area contributed by atoms with E-state index >= 15 is 0 Å². The van der Waals surface area contributed by atoms with Crippen molar-refractivity contribution in [3.63, 3.8) is 0 Å². The molecule has 0 amide bonds. The van der Waals surface area contributed by atoms with Crippen LogP contribution < -0.4 is 4.74 Å². The summed E-state index contributed by atoms with van der Waals surface area (Å²) in [6, 6.07) is 7.32. The average molecular weight is 263 g/mol. The Morgan fingerprint density at radius 3 is 2.53 bits per heavy atom. The predicted molar refractivity (Wildman–Crippen MR) is 73.7 cm³/mol. The van der Waals surface area contributed by atoms with E-state index in [1.165, 1.54) is 0 Å². The van der Waals surface area contributed by atoms with E-state index in [1.807, 2.05) is 31.2 Å². The Balaban J connectivity index is 1.93. The van der Waals surface area contributed by atoms with E-state index in [0.29, 0.717) is 0 Å². The van der Waals surface area contributed by atoms with Crippen molar-refractivity contribution in [3.8, 4) is 5.75 Å². The summed E-state index contributed by atoms with van der Waals surface area (Å²) in [6.45, 7) is 6.16. The van der Waals surface area contributed by atoms with Gasteiger partial charge in [-0.05, 0) is 24.3 Å². The largest absolute Gasteiger partial charge is 0.497 e. The Labute approximate surface area is 114 Å². The SMILES string of the molecule is COc1ccc(C(=O)[C@H](C)CN2CCOCC2)cc1. The number of carbonyl (C=O) groups excluding carboxylic acids is 1. The highest BCUT2D eigenvalue weighted by Gasteiger charge is 2.20. The van der Waals surface area contributed by atoms with Crippen LogP contribution in [-0.2, 0) is 4.74 Å². The number of nitrogens with zero attached hydrogens (tertiary/aromatic N) is 1. The van der Waals surface area contributed by atoms with Crippen molar-refractivity contribution in [2.24, 2.45) is 5.92 Å². The number of rotatable bonds is 5. The van der Waals surface area contributed by atoms with Gasteiger partial charge in [-0.2, -0.15) is 0 Å². The smallest absolute Gasteiger partial charge is 0.166 e. The molecule has 0 aromatic heterocycles. The lowest BCUT2D eigenvalue weighted by Gasteiger charge is -2.28. The molecular weight excluding hydrogens is 242 g/mol. The fourth-order valence-corrected chi connectivity index (χ4v) is 2.29. The Morgan fingerprint density at radius 1 is 1.32 bits per heavy atom. The maximum absolute atomic E-state index is 12.3. The van der Waals surface area contributed by atoms with E-state index in [2.05, 4.69) is 4.90 Å². The summed E-state index contributed by atoms with van der Waals surface area (Å²) in [5.74, 6) is 0.970. The van der Waals surface area contributed by atoms with Gasteiger partial charge < -0.3 is 9.47 Å². The molecule has 1 saturated heterocycles. The van der Waals surface area contributed by atoms with Crippen LogP contribution in [0.1, 0.15) is 17.3 Å². The zero-order valence-electron chi connectivity index (χ0n) is 11.6. The van der Waals surface area contributed by atoms with Crippen molar-refractivity contribution in [3.05, 3.63) is 29.8 Å². The summed E-state index contributed by atoms with van der Waals surface area (Å²) in [7, 11) is 1.62. The molecule has 104 valence electrons. The molecule has 4 nitrogen and oxygen atoms in total. The van der Waals surface area contributed by atoms with Gasteiger partial charge in [0.15, 0.2) is 5.78 Å². The molecule has 1 fully saturated rings. The summed E-state index contributed by atoms with van der Waals surface area (Å²) < 4.78 is 10.4. The van der Waals surface area contributed by atoms with Gasteiger partial charge in [0.1, 0.15) is 5.75 Å². The lowest BCUT2D eigenvalue weighted by Crippen LogP contribution is -2.40. The number of Topliss-reactive ketones (excluding diaryl/α,β-unsaturated/α-hetero) is 1. The first kappa shape index (κ1) is 14.0. The molecule has 0 spiro atoms. The van der Waals surface area contributed by atoms with Crippen molar-refractivity contribution in [1.82, 2.24) is 4.90 Å². The fourth-order valence-electron chi connectivity index (χ4n) is 2.29. The monoisotopic (exact) mass is 263 g/mol. The third kappa shape index (κ3) is 3.78. The number of methoxy groups -OCH3 is 1. The van der Waals surface area contributed by atoms with Gasteiger partial charge in [0, 0.05) is 31.1 Å². The van der Waals surface area contributed by atoms with Crippen molar-refractivity contribution in [1.29, 1.82) is 0 Å². The van der Waals surface area contributed by atoms with Crippen LogP contribution in [0.3, 0.4) is 0 Å². The lowest BCUT2D eigenvalue weighted by molar-refractivity contribution is 0.0313. The molecule has 1 aliphatic heterocycles. The van der Waals surface area contributed by atoms with E-state index in [1.54, 1.807) is 7.11 Å². The van der Waals surface area contributed by atoms with Crippen LogP contribution >= 0.6 is 0 Å². The maximum atomic E-state index is 12.3. The van der Waals surface area contributed by atoms with E-state index in [0.717, 1.165) is 44.2 Å². The quantitative estimate of drug-likeness (QED) is 0.760. The first-order valence-electron chi connectivity index (χ1n) is 6.69. The van der Waals surface area contributed by atoms with Gasteiger partial charge in [-0.3, -0.25) is 9.69 Å². The summed E-state index contributed by atoms with van der Waals surface area (Å²) in [4.78, 5) is 14.6. The molecule has 0 aliphatic carbocycles. The van der Waals surface area contributed by atoms with Gasteiger partial charge in [0.2, 0.25) is 0 Å². The highest BCUT2D eigenvalue weighted by atomic mass is 16.5. The standard InChI is InChI=1S/C15H21NO3/c1-12(11-16-7-9-19-10-8-16)15(17)13-3-5-14(18-2)6-4-13/h3-6,12H,7-11H2,1-2H3/t12-/m1/s1. The Morgan fingerprint density at radius 2 is 1.95 bits per heavy atom. The van der Waals surface area contributed by atoms with Gasteiger partial charge in [0.05, 0.1) is 20.3 Å². The predicted octanol–water partition coefficient (Wildman–Crippen LogP) is 1.85. The summed E-state index contributed by atoms with van der Waals surface area (Å²) in [6.07, 6.45) is 0. The number of hydrogen-bond donors (Lipinski definition) is 0. The molecule has 19 heavy (non-hydrogen) atoms. The Kier molecular flexibility index (Phi) is 4.93. The maximum Gasteiger partial charge on any atom is 0.166 e. The minimum atomic E-state index is 0.00601. The first-order valence-corrected chi connectivity index (χ1v) is 6.69. The minimum Gasteiger partial charge on any atom is -0.497 e. The molecule has 4 heteroatoms. The molecule has 0 bridgehead atoms. The molecule has 2 rings (SSSR count). The van der Waals surface area contributed by atoms with Crippen molar-refractivity contribution < 1.29 is 14.3 Å². The van der Waals surface area contributed by atoms with Gasteiger partial charge in [0.25, 0.3) is 0 Å². The number of ether oxygens (including phenoxy) is 2. The molecule has 0 unspecified atom stereocenters. The van der Waals surface area contributed by atoms with Crippen LogP contribution in [0, 0.1) is 5.92 Å². The highest BCUT2D eigenvalue weighted by Crippen LogP contribution is 2.15. The third-order valence-corrected chi connectivity index (χ3v) is 3.46. The molecule has 1 heterocycles. The molecule has 1 atom stereocenters. The van der Waals surface area contributed by atoms with Crippen LogP contribution in [0.15, 0.2) is 24.3 Å². The molecule has 1 aromatic carbocycles. The number of morpholine rings is 1. The summed E-state index contributed by atoms with van der Waals surface area (Å²) in [5, 5.41) is 0. The van der Waals surface area contributed by atoms with E-state index in [4.69, 9.17) is 9.47 Å². The zero-order valence-corrected chi connectivity index (χ0v) is 11.6. The molecule has 0 N–H and O–H groups in total. The number of ketones is 1. The minimum absolute atomic E-state index is 0.00601. The van der Waals surface area contributed by atoms with Crippen LogP contribution in [0.5, 0.6) is 5.75 Å². The second-order valence-corrected chi connectivity index (χ2v) is 4.91. The van der Waals surface area contributed by atoms with Crippen molar-refractivity contribution >= 4 is 5.78 Å². The highest BCUT2D eigenvalue weighted by molar-refractivity contribution is 5.97. The van der Waals surface area contributed by atoms with Gasteiger partial charge in [-0.1, -0.05) is 6.92 Å². The Hall–Kier alpha value is -1.39. The number of carbonyl (C=O) groups is 1. The normalized spacial score (nSPS) is 18.0. The first-order chi connectivity index (χ1) is 9.20. The van der Waals surface area contributed by atoms with Crippen molar-refractivity contribution in [2.45, 2.75) is 6.92 Å². The molecular formula is C15H21NO3. The zero-order chi connectivity index (χ0) is 13.7. The number of benzene rings is 1. The van der Waals surface area contributed by atoms with Crippen molar-refractivity contribution in [2.75, 3.05) is 40.0 Å². The van der Waals surface area contributed by atoms with E-state index < -0.39 is 0 Å².